The van der Waals surface area contributed by atoms with Crippen molar-refractivity contribution in [1.29, 1.82) is 0 Å². The minimum Gasteiger partial charge on any atom is -0.335 e. The first kappa shape index (κ1) is 40.8. The van der Waals surface area contributed by atoms with Crippen LogP contribution < -0.4 is 9.80 Å². The highest BCUT2D eigenvalue weighted by Crippen LogP contribution is 2.58. The van der Waals surface area contributed by atoms with E-state index in [0.29, 0.717) is 0 Å². The molecule has 0 unspecified atom stereocenters. The predicted molar refractivity (Wildman–Crippen MR) is 294 cm³/mol. The normalized spacial score (nSPS) is 16.6. The van der Waals surface area contributed by atoms with Crippen LogP contribution in [-0.4, -0.2) is 11.1 Å². The van der Waals surface area contributed by atoms with E-state index in [1.807, 2.05) is 0 Å². The molecule has 0 N–H and O–H groups in total. The summed E-state index contributed by atoms with van der Waals surface area (Å²) in [4.78, 5) is 5.24. The van der Waals surface area contributed by atoms with Crippen molar-refractivity contribution in [2.75, 3.05) is 9.80 Å². The van der Waals surface area contributed by atoms with E-state index in [0.717, 1.165) is 0 Å². The third-order valence-corrected chi connectivity index (χ3v) is 17.5. The summed E-state index contributed by atoms with van der Waals surface area (Å²) >= 11 is 0. The first-order chi connectivity index (χ1) is 32.8. The summed E-state index contributed by atoms with van der Waals surface area (Å²) in [6.45, 7) is 19.3. The molecule has 0 spiro atoms. The minimum atomic E-state index is -0.212. The second kappa shape index (κ2) is 14.1. The molecule has 0 atom stereocenters. The maximum Gasteiger partial charge on any atom is 0.0487 e. The molecule has 0 bridgehead atoms. The van der Waals surface area contributed by atoms with Crippen molar-refractivity contribution in [2.45, 2.75) is 77.3 Å². The molecule has 0 fully saturated rings. The first-order valence-electron chi connectivity index (χ1n) is 24.4. The van der Waals surface area contributed by atoms with Gasteiger partial charge >= 0.3 is 0 Å². The van der Waals surface area contributed by atoms with E-state index in [-0.39, 0.29) is 21.9 Å². The van der Waals surface area contributed by atoms with Gasteiger partial charge in [0.25, 0.3) is 0 Å². The van der Waals surface area contributed by atoms with Crippen molar-refractivity contribution in [2.24, 2.45) is 0 Å². The highest BCUT2D eigenvalue weighted by Gasteiger charge is 2.52. The lowest BCUT2D eigenvalue weighted by molar-refractivity contribution is 0.330. The van der Waals surface area contributed by atoms with Gasteiger partial charge in [0, 0.05) is 44.7 Å². The van der Waals surface area contributed by atoms with Crippen LogP contribution in [0.2, 0.25) is 0 Å². The second-order valence-electron chi connectivity index (χ2n) is 21.7. The van der Waals surface area contributed by atoms with Gasteiger partial charge in [0.05, 0.1) is 0 Å². The molecule has 0 radical (unpaired) electrons. The second-order valence-corrected chi connectivity index (χ2v) is 21.7. The summed E-state index contributed by atoms with van der Waals surface area (Å²) in [5, 5.41) is 15.1. The number of anilines is 4. The molecule has 11 aromatic rings. The molecule has 2 heteroatoms. The number of fused-ring (bicyclic) bond motifs is 10. The Hall–Kier alpha value is -7.42. The van der Waals surface area contributed by atoms with Crippen LogP contribution in [0.4, 0.5) is 22.7 Å². The standard InChI is InChI=1S/C66H56N2/c1-63(2)57-29-17-19-31-59(57)67(65(63,5)6)43-33-35-51-55(39-43)61(53-37-41-21-9-11-23-45(41)47-25-13-15-27-49(47)53)52-36-34-44(68-60-32-20-18-30-58(60)64(3,4)66(68,7)8)40-56(52)62(51)54-38-42-22-10-12-24-46(42)48-26-14-16-28-50(48)54/h9-40H,1-8H3. The molecule has 0 amide bonds. The molecule has 2 heterocycles. The minimum absolute atomic E-state index is 0.0958. The average Bonchev–Trinajstić information content (AvgIpc) is 3.62. The Morgan fingerprint density at radius 3 is 1.03 bits per heavy atom. The van der Waals surface area contributed by atoms with Gasteiger partial charge in [-0.1, -0.05) is 173 Å². The van der Waals surface area contributed by atoms with Crippen LogP contribution in [0, 0.1) is 0 Å². The van der Waals surface area contributed by atoms with E-state index >= 15 is 0 Å². The zero-order valence-electron chi connectivity index (χ0n) is 40.4. The Kier molecular flexibility index (Phi) is 8.44. The van der Waals surface area contributed by atoms with E-state index in [4.69, 9.17) is 0 Å². The highest BCUT2D eigenvalue weighted by molar-refractivity contribution is 6.29. The zero-order valence-corrected chi connectivity index (χ0v) is 40.4. The van der Waals surface area contributed by atoms with Gasteiger partial charge in [-0.3, -0.25) is 0 Å². The fraction of sp³-hybridized carbons (Fsp3) is 0.182. The number of nitrogens with zero attached hydrogens (tertiary/aromatic N) is 2. The van der Waals surface area contributed by atoms with Crippen molar-refractivity contribution >= 4 is 87.4 Å². The Morgan fingerprint density at radius 2 is 0.618 bits per heavy atom. The monoisotopic (exact) mass is 876 g/mol. The summed E-state index contributed by atoms with van der Waals surface area (Å²) in [6.07, 6.45) is 0. The predicted octanol–water partition coefficient (Wildman–Crippen LogP) is 18.4. The molecule has 0 aromatic heterocycles. The lowest BCUT2D eigenvalue weighted by atomic mass is 9.72. The third kappa shape index (κ3) is 5.35. The third-order valence-electron chi connectivity index (χ3n) is 17.5. The Bertz CT molecular complexity index is 3680. The van der Waals surface area contributed by atoms with Crippen LogP contribution in [0.1, 0.15) is 66.5 Å². The lowest BCUT2D eigenvalue weighted by Crippen LogP contribution is -2.48. The van der Waals surface area contributed by atoms with E-state index < -0.39 is 0 Å². The zero-order chi connectivity index (χ0) is 46.5. The van der Waals surface area contributed by atoms with Crippen molar-refractivity contribution < 1.29 is 0 Å². The summed E-state index contributed by atoms with van der Waals surface area (Å²) < 4.78 is 0. The van der Waals surface area contributed by atoms with Crippen LogP contribution in [0.15, 0.2) is 194 Å². The van der Waals surface area contributed by atoms with E-state index in [2.05, 4.69) is 259 Å². The molecule has 0 saturated carbocycles. The Balaban J connectivity index is 1.23. The number of hydrogen-bond acceptors (Lipinski definition) is 2. The van der Waals surface area contributed by atoms with Crippen LogP contribution in [0.5, 0.6) is 0 Å². The van der Waals surface area contributed by atoms with Gasteiger partial charge in [-0.25, -0.2) is 0 Å². The molecule has 0 aliphatic carbocycles. The number of para-hydroxylation sites is 2. The Labute approximate surface area is 400 Å². The molecule has 0 saturated heterocycles. The van der Waals surface area contributed by atoms with E-state index in [1.165, 1.54) is 121 Å². The quantitative estimate of drug-likeness (QED) is 0.128. The molecule has 2 aliphatic rings. The van der Waals surface area contributed by atoms with Gasteiger partial charge in [0.2, 0.25) is 0 Å². The Morgan fingerprint density at radius 1 is 0.279 bits per heavy atom. The summed E-state index contributed by atoms with van der Waals surface area (Å²) in [6, 6.07) is 73.8. The molecular formula is C66H56N2. The smallest absolute Gasteiger partial charge is 0.0487 e. The molecule has 330 valence electrons. The summed E-state index contributed by atoms with van der Waals surface area (Å²) in [5.41, 5.74) is 12.2. The molecule has 68 heavy (non-hydrogen) atoms. The lowest BCUT2D eigenvalue weighted by Gasteiger charge is -2.43. The van der Waals surface area contributed by atoms with Gasteiger partial charge < -0.3 is 9.80 Å². The maximum atomic E-state index is 2.62. The maximum absolute atomic E-state index is 2.62. The summed E-state index contributed by atoms with van der Waals surface area (Å²) in [5.74, 6) is 0. The van der Waals surface area contributed by atoms with E-state index in [9.17, 15) is 0 Å². The number of rotatable bonds is 4. The number of hydrogen-bond donors (Lipinski definition) is 0. The van der Waals surface area contributed by atoms with Gasteiger partial charge in [-0.05, 0) is 174 Å². The van der Waals surface area contributed by atoms with Gasteiger partial charge in [0.1, 0.15) is 0 Å². The van der Waals surface area contributed by atoms with Crippen molar-refractivity contribution in [3.8, 4) is 22.3 Å². The average molecular weight is 877 g/mol. The summed E-state index contributed by atoms with van der Waals surface area (Å²) in [7, 11) is 0. The first-order valence-corrected chi connectivity index (χ1v) is 24.4. The topological polar surface area (TPSA) is 6.48 Å². The SMILES string of the molecule is CC1(C)c2ccccc2N(c2ccc3c(-c4cc5ccccc5c5ccccc45)c4cc(N5c6ccccc6C(C)(C)C5(C)C)ccc4c(-c4cc5ccccc5c5ccccc45)c3c2)C1(C)C. The highest BCUT2D eigenvalue weighted by atomic mass is 15.2. The van der Waals surface area contributed by atoms with Crippen molar-refractivity contribution in [3.63, 3.8) is 0 Å². The molecular weight excluding hydrogens is 821 g/mol. The molecule has 11 aromatic carbocycles. The van der Waals surface area contributed by atoms with E-state index in [1.54, 1.807) is 0 Å². The van der Waals surface area contributed by atoms with Crippen molar-refractivity contribution in [3.05, 3.63) is 205 Å². The molecule has 2 nitrogen and oxygen atoms in total. The van der Waals surface area contributed by atoms with Crippen molar-refractivity contribution in [1.82, 2.24) is 0 Å². The fourth-order valence-electron chi connectivity index (χ4n) is 12.7. The van der Waals surface area contributed by atoms with Gasteiger partial charge in [0.15, 0.2) is 0 Å². The largest absolute Gasteiger partial charge is 0.335 e. The van der Waals surface area contributed by atoms with Crippen LogP contribution in [-0.2, 0) is 10.8 Å². The fourth-order valence-corrected chi connectivity index (χ4v) is 12.7. The molecule has 13 rings (SSSR count). The van der Waals surface area contributed by atoms with Crippen LogP contribution in [0.25, 0.3) is 86.9 Å². The van der Waals surface area contributed by atoms with Gasteiger partial charge in [-0.2, -0.15) is 0 Å². The number of benzene rings is 11. The van der Waals surface area contributed by atoms with Crippen LogP contribution in [0.3, 0.4) is 0 Å². The van der Waals surface area contributed by atoms with Crippen LogP contribution >= 0.6 is 0 Å². The van der Waals surface area contributed by atoms with Gasteiger partial charge in [-0.15, -0.1) is 0 Å². The molecule has 2 aliphatic heterocycles.